The quantitative estimate of drug-likeness (QED) is 0.165. The summed E-state index contributed by atoms with van der Waals surface area (Å²) in [6.45, 7) is 27.4. The summed E-state index contributed by atoms with van der Waals surface area (Å²) in [4.78, 5) is 10.7. The molecule has 0 radical (unpaired) electrons. The molecule has 0 saturated carbocycles. The molecule has 7 aromatic carbocycles. The van der Waals surface area contributed by atoms with Gasteiger partial charge >= 0.3 is 0 Å². The second-order valence-electron chi connectivity index (χ2n) is 24.0. The smallest absolute Gasteiger partial charge is 0.149 e. The van der Waals surface area contributed by atoms with Gasteiger partial charge in [0, 0.05) is 33.9 Å². The average molecular weight is 932 g/mol. The van der Waals surface area contributed by atoms with Crippen LogP contribution in [0.3, 0.4) is 0 Å². The van der Waals surface area contributed by atoms with Crippen molar-refractivity contribution in [2.24, 2.45) is 0 Å². The Morgan fingerprint density at radius 2 is 1.11 bits per heavy atom. The number of benzene rings is 7. The molecule has 0 spiro atoms. The molecular weight excluding hydrogens is 863 g/mol. The van der Waals surface area contributed by atoms with E-state index in [1.807, 2.05) is 6.20 Å². The van der Waals surface area contributed by atoms with E-state index < -0.39 is 0 Å². The first kappa shape index (κ1) is 47.6. The van der Waals surface area contributed by atoms with Gasteiger partial charge in [-0.05, 0) is 133 Å². The van der Waals surface area contributed by atoms with Gasteiger partial charge in [-0.25, -0.2) is 4.98 Å². The van der Waals surface area contributed by atoms with Crippen molar-refractivity contribution in [1.29, 1.82) is 0 Å². The Balaban J connectivity index is 1.17. The highest BCUT2D eigenvalue weighted by molar-refractivity contribution is 5.98. The molecule has 0 amide bonds. The molecule has 0 aliphatic heterocycles. The van der Waals surface area contributed by atoms with Crippen LogP contribution in [-0.4, -0.2) is 19.6 Å². The first-order valence-electron chi connectivity index (χ1n) is 25.5. The van der Waals surface area contributed by atoms with Gasteiger partial charge in [0.2, 0.25) is 0 Å². The fourth-order valence-electron chi connectivity index (χ4n) is 10.9. The SMILES string of the molecule is CC(C)(C)c1cc(-c2cc(-c3ccc(C(C)(C)c4ccccc4)cc3)ccn2)cc(-c2cccc3c2nc(-c2ccc4c(c2O)C(C)(C)CCC4(C)C)n3-c2ccc(C(C)(C)C)cc2-c2ccccc2)c1. The van der Waals surface area contributed by atoms with Crippen LogP contribution in [0, 0.1) is 0 Å². The molecule has 0 fully saturated rings. The molecule has 358 valence electrons. The fraction of sp³-hybridized carbons (Fsp3) is 0.284. The molecule has 0 saturated heterocycles. The summed E-state index contributed by atoms with van der Waals surface area (Å²) in [6.07, 6.45) is 3.98. The molecule has 0 unspecified atom stereocenters. The molecule has 0 bridgehead atoms. The lowest BCUT2D eigenvalue weighted by Crippen LogP contribution is -2.34. The number of aromatic hydroxyl groups is 1. The largest absolute Gasteiger partial charge is 0.507 e. The van der Waals surface area contributed by atoms with E-state index in [2.05, 4.69) is 251 Å². The molecule has 1 aliphatic carbocycles. The Morgan fingerprint density at radius 3 is 1.80 bits per heavy atom. The summed E-state index contributed by atoms with van der Waals surface area (Å²) in [6, 6.07) is 59.5. The number of imidazole rings is 1. The summed E-state index contributed by atoms with van der Waals surface area (Å²) in [5, 5.41) is 12.8. The lowest BCUT2D eigenvalue weighted by molar-refractivity contribution is 0.318. The monoisotopic (exact) mass is 932 g/mol. The number of nitrogens with zero attached hydrogens (tertiary/aromatic N) is 3. The molecule has 2 aromatic heterocycles. The van der Waals surface area contributed by atoms with E-state index in [9.17, 15) is 5.11 Å². The molecule has 0 atom stereocenters. The van der Waals surface area contributed by atoms with E-state index in [1.54, 1.807) is 0 Å². The van der Waals surface area contributed by atoms with Crippen molar-refractivity contribution in [3.8, 4) is 67.5 Å². The van der Waals surface area contributed by atoms with E-state index >= 15 is 0 Å². The predicted octanol–water partition coefficient (Wildman–Crippen LogP) is 17.7. The van der Waals surface area contributed by atoms with Crippen LogP contribution in [0.2, 0.25) is 0 Å². The van der Waals surface area contributed by atoms with Gasteiger partial charge in [-0.1, -0.05) is 198 Å². The maximum Gasteiger partial charge on any atom is 0.149 e. The van der Waals surface area contributed by atoms with E-state index in [-0.39, 0.29) is 27.1 Å². The third kappa shape index (κ3) is 8.70. The Bertz CT molecular complexity index is 3450. The average Bonchev–Trinajstić information content (AvgIpc) is 3.74. The predicted molar refractivity (Wildman–Crippen MR) is 299 cm³/mol. The number of hydrogen-bond donors (Lipinski definition) is 1. The summed E-state index contributed by atoms with van der Waals surface area (Å²) < 4.78 is 2.31. The van der Waals surface area contributed by atoms with E-state index in [4.69, 9.17) is 9.97 Å². The third-order valence-electron chi connectivity index (χ3n) is 15.7. The minimum atomic E-state index is -0.214. The summed E-state index contributed by atoms with van der Waals surface area (Å²) in [5.74, 6) is 1.04. The van der Waals surface area contributed by atoms with Crippen LogP contribution in [0.25, 0.3) is 72.7 Å². The molecular formula is C67H69N3O. The highest BCUT2D eigenvalue weighted by Crippen LogP contribution is 2.52. The zero-order valence-electron chi connectivity index (χ0n) is 43.9. The second-order valence-corrected chi connectivity index (χ2v) is 24.0. The van der Waals surface area contributed by atoms with Crippen LogP contribution >= 0.6 is 0 Å². The van der Waals surface area contributed by atoms with Crippen molar-refractivity contribution in [2.75, 3.05) is 0 Å². The molecule has 71 heavy (non-hydrogen) atoms. The first-order valence-corrected chi connectivity index (χ1v) is 25.5. The maximum atomic E-state index is 12.8. The number of para-hydroxylation sites is 1. The summed E-state index contributed by atoms with van der Waals surface area (Å²) in [5.41, 5.74) is 18.8. The van der Waals surface area contributed by atoms with Crippen molar-refractivity contribution in [2.45, 2.75) is 123 Å². The molecule has 4 heteroatoms. The second kappa shape index (κ2) is 17.4. The number of hydrogen-bond acceptors (Lipinski definition) is 3. The minimum Gasteiger partial charge on any atom is -0.507 e. The normalized spacial score (nSPS) is 14.6. The van der Waals surface area contributed by atoms with Crippen LogP contribution in [0.4, 0.5) is 0 Å². The van der Waals surface area contributed by atoms with Crippen LogP contribution in [0.15, 0.2) is 170 Å². The highest BCUT2D eigenvalue weighted by atomic mass is 16.3. The molecule has 1 aliphatic rings. The van der Waals surface area contributed by atoms with Gasteiger partial charge in [-0.2, -0.15) is 0 Å². The lowest BCUT2D eigenvalue weighted by Gasteiger charge is -2.42. The first-order chi connectivity index (χ1) is 33.6. The van der Waals surface area contributed by atoms with Crippen molar-refractivity contribution < 1.29 is 5.11 Å². The van der Waals surface area contributed by atoms with Gasteiger partial charge in [0.05, 0.1) is 28.0 Å². The molecule has 2 heterocycles. The Morgan fingerprint density at radius 1 is 0.479 bits per heavy atom. The van der Waals surface area contributed by atoms with Gasteiger partial charge < -0.3 is 5.11 Å². The standard InChI is InChI=1S/C67H69N3O/c1-63(2,3)50-30-33-57(54(42-50)44-20-15-13-16-21-44)70-58-25-19-24-52(60(58)69-62(70)53-31-32-55-59(61(53)71)66(9,10)36-35-65(55,7)8)46-38-47(40-51(39-46)64(4,5)6)56-41-45(34-37-68-56)43-26-28-49(29-27-43)67(11,12)48-22-17-14-18-23-48/h13-34,37-42,71H,35-36H2,1-12H3. The van der Waals surface area contributed by atoms with Crippen molar-refractivity contribution in [3.05, 3.63) is 203 Å². The topological polar surface area (TPSA) is 50.9 Å². The van der Waals surface area contributed by atoms with E-state index in [1.165, 1.54) is 27.8 Å². The Labute approximate surface area is 422 Å². The summed E-state index contributed by atoms with van der Waals surface area (Å²) in [7, 11) is 0. The van der Waals surface area contributed by atoms with Crippen molar-refractivity contribution in [3.63, 3.8) is 0 Å². The maximum absolute atomic E-state index is 12.8. The number of pyridine rings is 1. The lowest BCUT2D eigenvalue weighted by atomic mass is 9.62. The Kier molecular flexibility index (Phi) is 11.7. The van der Waals surface area contributed by atoms with Gasteiger partial charge in [-0.15, -0.1) is 0 Å². The third-order valence-corrected chi connectivity index (χ3v) is 15.7. The van der Waals surface area contributed by atoms with Crippen molar-refractivity contribution in [1.82, 2.24) is 14.5 Å². The zero-order chi connectivity index (χ0) is 50.3. The van der Waals surface area contributed by atoms with Gasteiger partial charge in [0.1, 0.15) is 11.6 Å². The van der Waals surface area contributed by atoms with Crippen LogP contribution in [0.5, 0.6) is 5.75 Å². The van der Waals surface area contributed by atoms with Gasteiger partial charge in [0.25, 0.3) is 0 Å². The van der Waals surface area contributed by atoms with E-state index in [0.29, 0.717) is 11.6 Å². The molecule has 1 N–H and O–H groups in total. The zero-order valence-corrected chi connectivity index (χ0v) is 43.9. The van der Waals surface area contributed by atoms with Gasteiger partial charge in [-0.3, -0.25) is 9.55 Å². The molecule has 4 nitrogen and oxygen atoms in total. The highest BCUT2D eigenvalue weighted by Gasteiger charge is 2.40. The molecule has 9 aromatic rings. The van der Waals surface area contributed by atoms with Crippen LogP contribution in [-0.2, 0) is 27.1 Å². The van der Waals surface area contributed by atoms with E-state index in [0.717, 1.165) is 85.3 Å². The number of rotatable bonds is 8. The number of aromatic nitrogens is 3. The van der Waals surface area contributed by atoms with Crippen molar-refractivity contribution >= 4 is 11.0 Å². The van der Waals surface area contributed by atoms with Gasteiger partial charge in [0.15, 0.2) is 0 Å². The Hall–Kier alpha value is -7.04. The number of phenolic OH excluding ortho intramolecular Hbond substituents is 1. The number of phenols is 1. The minimum absolute atomic E-state index is 0.0636. The molecule has 10 rings (SSSR count). The summed E-state index contributed by atoms with van der Waals surface area (Å²) >= 11 is 0. The van der Waals surface area contributed by atoms with Crippen LogP contribution in [0.1, 0.15) is 129 Å². The number of fused-ring (bicyclic) bond motifs is 2. The van der Waals surface area contributed by atoms with Crippen LogP contribution < -0.4 is 0 Å². The fourth-order valence-corrected chi connectivity index (χ4v) is 10.9.